The first-order valence-electron chi connectivity index (χ1n) is 4.57. The van der Waals surface area contributed by atoms with Crippen molar-refractivity contribution >= 4 is 0 Å². The van der Waals surface area contributed by atoms with Crippen molar-refractivity contribution in [1.29, 1.82) is 0 Å². The Morgan fingerprint density at radius 3 is 2.23 bits per heavy atom. The van der Waals surface area contributed by atoms with Crippen molar-refractivity contribution in [2.45, 2.75) is 37.8 Å². The molecule has 0 aromatic rings. The third-order valence-corrected chi connectivity index (χ3v) is 2.79. The molecule has 1 fully saturated rings. The average Bonchev–Trinajstić information content (AvgIpc) is 2.10. The Morgan fingerprint density at radius 2 is 1.77 bits per heavy atom. The summed E-state index contributed by atoms with van der Waals surface area (Å²) >= 11 is 0. The Bertz CT molecular complexity index is 168. The van der Waals surface area contributed by atoms with E-state index in [1.54, 1.807) is 7.11 Å². The highest BCUT2D eigenvalue weighted by Gasteiger charge is 2.42. The van der Waals surface area contributed by atoms with E-state index in [-0.39, 0.29) is 18.1 Å². The van der Waals surface area contributed by atoms with Gasteiger partial charge < -0.3 is 15.2 Å². The highest BCUT2D eigenvalue weighted by atomic mass is 19.1. The number of rotatable bonds is 2. The third-order valence-electron chi connectivity index (χ3n) is 2.79. The van der Waals surface area contributed by atoms with Crippen molar-refractivity contribution in [3.63, 3.8) is 0 Å². The van der Waals surface area contributed by atoms with Crippen LogP contribution >= 0.6 is 0 Å². The fraction of sp³-hybridized carbons (Fsp3) is 1.00. The molecule has 78 valence electrons. The topological polar surface area (TPSA) is 44.5 Å². The van der Waals surface area contributed by atoms with Gasteiger partial charge in [-0.05, 0) is 12.3 Å². The molecule has 0 unspecified atom stereocenters. The molecule has 0 radical (unpaired) electrons. The van der Waals surface area contributed by atoms with Crippen LogP contribution < -0.4 is 5.73 Å². The number of alkyl halides is 1. The minimum atomic E-state index is -0.977. The SMILES string of the molecule is CO[C@@H]1[C@H](F)[C@H](C)C[C@H](N)[C@H]1OC. The molecule has 0 spiro atoms. The summed E-state index contributed by atoms with van der Waals surface area (Å²) in [5, 5.41) is 0. The fourth-order valence-corrected chi connectivity index (χ4v) is 2.02. The summed E-state index contributed by atoms with van der Waals surface area (Å²) in [4.78, 5) is 0. The van der Waals surface area contributed by atoms with E-state index in [2.05, 4.69) is 0 Å². The maximum Gasteiger partial charge on any atom is 0.131 e. The van der Waals surface area contributed by atoms with Crippen molar-refractivity contribution in [1.82, 2.24) is 0 Å². The zero-order valence-electron chi connectivity index (χ0n) is 8.37. The molecule has 0 bridgehead atoms. The lowest BCUT2D eigenvalue weighted by Gasteiger charge is -2.39. The molecule has 1 aliphatic rings. The number of halogens is 1. The summed E-state index contributed by atoms with van der Waals surface area (Å²) in [5.41, 5.74) is 5.84. The minimum Gasteiger partial charge on any atom is -0.377 e. The standard InChI is InChI=1S/C9H18FNO2/c1-5-4-6(11)8(12-2)9(13-3)7(5)10/h5-9H,4,11H2,1-3H3/t5-,6+,7-,8-,9-/m1/s1. The predicted octanol–water partition coefficient (Wildman–Crippen LogP) is 0.722. The molecule has 0 aliphatic heterocycles. The van der Waals surface area contributed by atoms with Gasteiger partial charge in [0.15, 0.2) is 0 Å². The van der Waals surface area contributed by atoms with Crippen LogP contribution in [0.1, 0.15) is 13.3 Å². The van der Waals surface area contributed by atoms with Gasteiger partial charge in [-0.2, -0.15) is 0 Å². The molecule has 1 rings (SSSR count). The Labute approximate surface area is 78.4 Å². The van der Waals surface area contributed by atoms with Crippen LogP contribution in [0.2, 0.25) is 0 Å². The second kappa shape index (κ2) is 4.35. The van der Waals surface area contributed by atoms with Gasteiger partial charge in [-0.25, -0.2) is 4.39 Å². The highest BCUT2D eigenvalue weighted by molar-refractivity contribution is 4.95. The van der Waals surface area contributed by atoms with Gasteiger partial charge in [0.25, 0.3) is 0 Å². The minimum absolute atomic E-state index is 0.0497. The molecule has 1 aliphatic carbocycles. The molecule has 4 heteroatoms. The lowest BCUT2D eigenvalue weighted by atomic mass is 9.81. The normalized spacial score (nSPS) is 46.4. The van der Waals surface area contributed by atoms with E-state index in [1.807, 2.05) is 6.92 Å². The third kappa shape index (κ3) is 2.00. The van der Waals surface area contributed by atoms with E-state index >= 15 is 0 Å². The van der Waals surface area contributed by atoms with Gasteiger partial charge in [-0.1, -0.05) is 6.92 Å². The lowest BCUT2D eigenvalue weighted by molar-refractivity contribution is -0.118. The molecule has 0 aromatic heterocycles. The van der Waals surface area contributed by atoms with Crippen LogP contribution in [-0.2, 0) is 9.47 Å². The zero-order chi connectivity index (χ0) is 10.0. The van der Waals surface area contributed by atoms with E-state index in [9.17, 15) is 4.39 Å². The first-order chi connectivity index (χ1) is 6.11. The van der Waals surface area contributed by atoms with Crippen molar-refractivity contribution < 1.29 is 13.9 Å². The maximum absolute atomic E-state index is 13.6. The highest BCUT2D eigenvalue weighted by Crippen LogP contribution is 2.29. The van der Waals surface area contributed by atoms with Crippen LogP contribution in [0.25, 0.3) is 0 Å². The van der Waals surface area contributed by atoms with Crippen LogP contribution in [0.4, 0.5) is 4.39 Å². The molecule has 1 saturated carbocycles. The van der Waals surface area contributed by atoms with Crippen molar-refractivity contribution in [2.75, 3.05) is 14.2 Å². The molecular formula is C9H18FNO2. The Balaban J connectivity index is 2.71. The largest absolute Gasteiger partial charge is 0.377 e. The monoisotopic (exact) mass is 191 g/mol. The second-order valence-electron chi connectivity index (χ2n) is 3.72. The predicted molar refractivity (Wildman–Crippen MR) is 48.2 cm³/mol. The van der Waals surface area contributed by atoms with Gasteiger partial charge in [0, 0.05) is 20.3 Å². The Morgan fingerprint density at radius 1 is 1.23 bits per heavy atom. The summed E-state index contributed by atoms with van der Waals surface area (Å²) in [6.07, 6.45) is -1.17. The van der Waals surface area contributed by atoms with Gasteiger partial charge >= 0.3 is 0 Å². The van der Waals surface area contributed by atoms with Crippen LogP contribution in [0.3, 0.4) is 0 Å². The molecule has 0 heterocycles. The smallest absolute Gasteiger partial charge is 0.131 e. The number of methoxy groups -OCH3 is 2. The Hall–Kier alpha value is -0.190. The molecular weight excluding hydrogens is 173 g/mol. The molecule has 0 saturated heterocycles. The quantitative estimate of drug-likeness (QED) is 0.699. The number of ether oxygens (including phenoxy) is 2. The first-order valence-corrected chi connectivity index (χ1v) is 4.57. The zero-order valence-corrected chi connectivity index (χ0v) is 8.37. The van der Waals surface area contributed by atoms with E-state index in [4.69, 9.17) is 15.2 Å². The van der Waals surface area contributed by atoms with E-state index in [0.717, 1.165) is 0 Å². The number of nitrogens with two attached hydrogens (primary N) is 1. The van der Waals surface area contributed by atoms with Gasteiger partial charge in [-0.3, -0.25) is 0 Å². The maximum atomic E-state index is 13.6. The summed E-state index contributed by atoms with van der Waals surface area (Å²) in [7, 11) is 3.04. The summed E-state index contributed by atoms with van der Waals surface area (Å²) < 4.78 is 23.8. The summed E-state index contributed by atoms with van der Waals surface area (Å²) in [5.74, 6) is -0.0497. The molecule has 3 nitrogen and oxygen atoms in total. The lowest BCUT2D eigenvalue weighted by Crippen LogP contribution is -2.56. The number of hydrogen-bond acceptors (Lipinski definition) is 3. The first kappa shape index (κ1) is 10.9. The Kier molecular flexibility index (Phi) is 3.64. The molecule has 13 heavy (non-hydrogen) atoms. The molecule has 2 N–H and O–H groups in total. The van der Waals surface area contributed by atoms with Crippen LogP contribution in [-0.4, -0.2) is 38.6 Å². The fourth-order valence-electron chi connectivity index (χ4n) is 2.02. The average molecular weight is 191 g/mol. The van der Waals surface area contributed by atoms with Gasteiger partial charge in [-0.15, -0.1) is 0 Å². The second-order valence-corrected chi connectivity index (χ2v) is 3.72. The van der Waals surface area contributed by atoms with Crippen LogP contribution in [0.5, 0.6) is 0 Å². The number of hydrogen-bond donors (Lipinski definition) is 1. The molecule has 0 aromatic carbocycles. The van der Waals surface area contributed by atoms with Gasteiger partial charge in [0.05, 0.1) is 0 Å². The van der Waals surface area contributed by atoms with E-state index < -0.39 is 12.3 Å². The van der Waals surface area contributed by atoms with Crippen LogP contribution in [0.15, 0.2) is 0 Å². The van der Waals surface area contributed by atoms with Crippen LogP contribution in [0, 0.1) is 5.92 Å². The molecule has 0 amide bonds. The van der Waals surface area contributed by atoms with Crippen molar-refractivity contribution in [3.05, 3.63) is 0 Å². The summed E-state index contributed by atoms with van der Waals surface area (Å²) in [6.45, 7) is 1.85. The summed E-state index contributed by atoms with van der Waals surface area (Å²) in [6, 6.07) is -0.128. The molecule has 5 atom stereocenters. The van der Waals surface area contributed by atoms with Gasteiger partial charge in [0.1, 0.15) is 18.4 Å². The van der Waals surface area contributed by atoms with E-state index in [0.29, 0.717) is 6.42 Å². The van der Waals surface area contributed by atoms with Crippen molar-refractivity contribution in [3.8, 4) is 0 Å². The van der Waals surface area contributed by atoms with Gasteiger partial charge in [0.2, 0.25) is 0 Å². The van der Waals surface area contributed by atoms with Crippen molar-refractivity contribution in [2.24, 2.45) is 11.7 Å². The van der Waals surface area contributed by atoms with E-state index in [1.165, 1.54) is 7.11 Å².